The van der Waals surface area contributed by atoms with Crippen molar-refractivity contribution < 1.29 is 37.8 Å². The molecule has 1 aromatic carbocycles. The highest BCUT2D eigenvalue weighted by Gasteiger charge is 2.35. The van der Waals surface area contributed by atoms with Crippen LogP contribution in [0.15, 0.2) is 58.3 Å². The highest BCUT2D eigenvalue weighted by Crippen LogP contribution is 2.28. The predicted molar refractivity (Wildman–Crippen MR) is 127 cm³/mol. The number of hydrogen-bond acceptors (Lipinski definition) is 8. The van der Waals surface area contributed by atoms with Crippen molar-refractivity contribution in [3.05, 3.63) is 65.3 Å². The van der Waals surface area contributed by atoms with Crippen LogP contribution in [0.1, 0.15) is 48.8 Å². The van der Waals surface area contributed by atoms with Crippen LogP contribution in [0.2, 0.25) is 0 Å². The second-order valence-corrected chi connectivity index (χ2v) is 7.73. The van der Waals surface area contributed by atoms with Crippen molar-refractivity contribution in [1.29, 1.82) is 0 Å². The van der Waals surface area contributed by atoms with Crippen LogP contribution in [0.25, 0.3) is 0 Å². The highest BCUT2D eigenvalue weighted by atomic mass is 16.5. The van der Waals surface area contributed by atoms with E-state index in [1.807, 2.05) is 0 Å². The molecule has 1 aliphatic rings. The number of urea groups is 1. The van der Waals surface area contributed by atoms with Crippen LogP contribution in [0.3, 0.4) is 0 Å². The summed E-state index contributed by atoms with van der Waals surface area (Å²) >= 11 is 0. The molecule has 0 bridgehead atoms. The third kappa shape index (κ3) is 7.11. The number of ether oxygens (including phenoxy) is 3. The van der Waals surface area contributed by atoms with Gasteiger partial charge in [-0.25, -0.2) is 9.59 Å². The van der Waals surface area contributed by atoms with Crippen LogP contribution in [0, 0.1) is 0 Å². The minimum Gasteiger partial charge on any atom is -0.494 e. The second kappa shape index (κ2) is 13.0. The molecule has 1 unspecified atom stereocenters. The Bertz CT molecular complexity index is 1090. The number of carbonyl (C=O) groups excluding carboxylic acids is 4. The number of nitrogens with one attached hydrogen (secondary N) is 3. The van der Waals surface area contributed by atoms with E-state index in [1.54, 1.807) is 43.3 Å². The fraction of sp³-hybridized carbons (Fsp3) is 0.360. The fourth-order valence-electron chi connectivity index (χ4n) is 3.35. The van der Waals surface area contributed by atoms with E-state index in [9.17, 15) is 19.2 Å². The molecule has 11 nitrogen and oxygen atoms in total. The topological polar surface area (TPSA) is 145 Å². The third-order valence-corrected chi connectivity index (χ3v) is 5.13. The first-order chi connectivity index (χ1) is 17.4. The number of unbranched alkanes of at least 4 members (excludes halogenated alkanes) is 1. The molecule has 3 N–H and O–H groups in total. The lowest BCUT2D eigenvalue weighted by Gasteiger charge is -2.27. The van der Waals surface area contributed by atoms with Gasteiger partial charge in [-0.05, 0) is 49.7 Å². The van der Waals surface area contributed by atoms with Gasteiger partial charge in [-0.15, -0.1) is 0 Å². The average Bonchev–Trinajstić information content (AvgIpc) is 3.41. The van der Waals surface area contributed by atoms with Gasteiger partial charge < -0.3 is 34.6 Å². The molecule has 0 saturated carbocycles. The highest BCUT2D eigenvalue weighted by molar-refractivity contribution is 5.96. The van der Waals surface area contributed by atoms with Crippen molar-refractivity contribution in [2.24, 2.45) is 0 Å². The van der Waals surface area contributed by atoms with E-state index in [0.29, 0.717) is 23.7 Å². The standard InChI is InChI=1S/C25H29N3O8/c1-3-5-12-34-17-10-8-16(9-11-17)23(30)26-14-20(29)36-15-18-21(24(31)33-4-2)22(28-25(32)27-18)19-7-6-13-35-19/h6-11,13,22H,3-5,12,14-15H2,1-2H3,(H,26,30)(H2,27,28,32). The van der Waals surface area contributed by atoms with Crippen molar-refractivity contribution >= 4 is 23.9 Å². The summed E-state index contributed by atoms with van der Waals surface area (Å²) in [6.45, 7) is 3.58. The third-order valence-electron chi connectivity index (χ3n) is 5.13. The second-order valence-electron chi connectivity index (χ2n) is 7.73. The zero-order valence-corrected chi connectivity index (χ0v) is 20.1. The molecular formula is C25H29N3O8. The Morgan fingerprint density at radius 1 is 1.08 bits per heavy atom. The van der Waals surface area contributed by atoms with Gasteiger partial charge in [0.25, 0.3) is 5.91 Å². The predicted octanol–water partition coefficient (Wildman–Crippen LogP) is 2.60. The van der Waals surface area contributed by atoms with Gasteiger partial charge in [0.1, 0.15) is 30.7 Å². The maximum atomic E-state index is 12.6. The quantitative estimate of drug-likeness (QED) is 0.298. The van der Waals surface area contributed by atoms with E-state index in [0.717, 1.165) is 12.8 Å². The van der Waals surface area contributed by atoms with Crippen molar-refractivity contribution in [1.82, 2.24) is 16.0 Å². The largest absolute Gasteiger partial charge is 0.494 e. The summed E-state index contributed by atoms with van der Waals surface area (Å²) in [5.74, 6) is -0.965. The minimum absolute atomic E-state index is 0.0458. The van der Waals surface area contributed by atoms with Gasteiger partial charge in [-0.1, -0.05) is 13.3 Å². The molecule has 1 atom stereocenters. The average molecular weight is 500 g/mol. The van der Waals surface area contributed by atoms with Crippen LogP contribution < -0.4 is 20.7 Å². The van der Waals surface area contributed by atoms with E-state index >= 15 is 0 Å². The van der Waals surface area contributed by atoms with E-state index in [-0.39, 0.29) is 17.9 Å². The molecule has 2 aromatic rings. The van der Waals surface area contributed by atoms with Crippen LogP contribution in [0.4, 0.5) is 4.79 Å². The Balaban J connectivity index is 1.59. The molecule has 0 saturated heterocycles. The molecule has 0 fully saturated rings. The smallest absolute Gasteiger partial charge is 0.338 e. The number of benzene rings is 1. The van der Waals surface area contributed by atoms with Gasteiger partial charge in [0.15, 0.2) is 0 Å². The number of hydrogen-bond donors (Lipinski definition) is 3. The zero-order chi connectivity index (χ0) is 25.9. The molecule has 0 spiro atoms. The Labute approximate surface area is 208 Å². The number of carbonyl (C=O) groups is 4. The van der Waals surface area contributed by atoms with Gasteiger partial charge in [0.2, 0.25) is 0 Å². The van der Waals surface area contributed by atoms with Crippen molar-refractivity contribution in [2.75, 3.05) is 26.4 Å². The number of amides is 3. The van der Waals surface area contributed by atoms with Gasteiger partial charge in [0, 0.05) is 5.56 Å². The number of rotatable bonds is 12. The summed E-state index contributed by atoms with van der Waals surface area (Å²) in [6, 6.07) is 8.24. The molecular weight excluding hydrogens is 470 g/mol. The fourth-order valence-corrected chi connectivity index (χ4v) is 3.35. The molecule has 3 amide bonds. The number of esters is 2. The van der Waals surface area contributed by atoms with Crippen molar-refractivity contribution in [3.63, 3.8) is 0 Å². The van der Waals surface area contributed by atoms with Crippen LogP contribution in [-0.2, 0) is 19.1 Å². The Morgan fingerprint density at radius 3 is 2.53 bits per heavy atom. The number of furan rings is 1. The maximum absolute atomic E-state index is 12.6. The van der Waals surface area contributed by atoms with Gasteiger partial charge in [0.05, 0.1) is 30.7 Å². The lowest BCUT2D eigenvalue weighted by molar-refractivity contribution is -0.142. The molecule has 2 heterocycles. The van der Waals surface area contributed by atoms with Gasteiger partial charge in [-0.3, -0.25) is 9.59 Å². The Kier molecular flexibility index (Phi) is 9.49. The summed E-state index contributed by atoms with van der Waals surface area (Å²) in [4.78, 5) is 49.4. The van der Waals surface area contributed by atoms with Gasteiger partial charge in [-0.2, -0.15) is 0 Å². The summed E-state index contributed by atoms with van der Waals surface area (Å²) < 4.78 is 21.2. The molecule has 0 aliphatic carbocycles. The molecule has 0 radical (unpaired) electrons. The van der Waals surface area contributed by atoms with E-state index < -0.39 is 43.1 Å². The molecule has 11 heteroatoms. The Hall–Kier alpha value is -4.28. The van der Waals surface area contributed by atoms with Gasteiger partial charge >= 0.3 is 18.0 Å². The molecule has 192 valence electrons. The van der Waals surface area contributed by atoms with Crippen LogP contribution in [0.5, 0.6) is 5.75 Å². The lowest BCUT2D eigenvalue weighted by atomic mass is 10.0. The van der Waals surface area contributed by atoms with Crippen molar-refractivity contribution in [2.45, 2.75) is 32.7 Å². The normalized spacial score (nSPS) is 14.9. The molecule has 36 heavy (non-hydrogen) atoms. The first-order valence-corrected chi connectivity index (χ1v) is 11.6. The lowest BCUT2D eigenvalue weighted by Crippen LogP contribution is -2.47. The van der Waals surface area contributed by atoms with E-state index in [2.05, 4.69) is 22.9 Å². The zero-order valence-electron chi connectivity index (χ0n) is 20.1. The summed E-state index contributed by atoms with van der Waals surface area (Å²) in [5.41, 5.74) is 0.450. The molecule has 1 aromatic heterocycles. The maximum Gasteiger partial charge on any atom is 0.338 e. The Morgan fingerprint density at radius 2 is 1.86 bits per heavy atom. The minimum atomic E-state index is -0.921. The van der Waals surface area contributed by atoms with Crippen LogP contribution in [-0.4, -0.2) is 50.2 Å². The van der Waals surface area contributed by atoms with E-state index in [4.69, 9.17) is 18.6 Å². The molecule has 3 rings (SSSR count). The summed E-state index contributed by atoms with van der Waals surface area (Å²) in [5, 5.41) is 7.55. The first-order valence-electron chi connectivity index (χ1n) is 11.6. The van der Waals surface area contributed by atoms with Crippen LogP contribution >= 0.6 is 0 Å². The SMILES string of the molecule is CCCCOc1ccc(C(=O)NCC(=O)OCC2=C(C(=O)OCC)C(c3ccco3)NC(=O)N2)cc1. The summed E-state index contributed by atoms with van der Waals surface area (Å²) in [7, 11) is 0. The summed E-state index contributed by atoms with van der Waals surface area (Å²) in [6.07, 6.45) is 3.36. The monoisotopic (exact) mass is 499 g/mol. The van der Waals surface area contributed by atoms with Crippen molar-refractivity contribution in [3.8, 4) is 5.75 Å². The molecule has 1 aliphatic heterocycles. The first kappa shape index (κ1) is 26.3. The van der Waals surface area contributed by atoms with E-state index in [1.165, 1.54) is 6.26 Å².